The Morgan fingerprint density at radius 1 is 1.47 bits per heavy atom. The lowest BCUT2D eigenvalue weighted by Gasteiger charge is -2.22. The Labute approximate surface area is 91.4 Å². The predicted molar refractivity (Wildman–Crippen MR) is 58.2 cm³/mol. The van der Waals surface area contributed by atoms with Crippen LogP contribution in [0.25, 0.3) is 0 Å². The summed E-state index contributed by atoms with van der Waals surface area (Å²) in [6, 6.07) is -0.408. The van der Waals surface area contributed by atoms with Gasteiger partial charge in [-0.1, -0.05) is 6.42 Å². The first-order valence-corrected chi connectivity index (χ1v) is 6.04. The van der Waals surface area contributed by atoms with Gasteiger partial charge in [-0.2, -0.15) is 0 Å². The molecule has 0 aliphatic heterocycles. The summed E-state index contributed by atoms with van der Waals surface area (Å²) >= 11 is 0. The molecule has 86 valence electrons. The van der Waals surface area contributed by atoms with Crippen molar-refractivity contribution in [3.63, 3.8) is 0 Å². The predicted octanol–water partition coefficient (Wildman–Crippen LogP) is 1.70. The van der Waals surface area contributed by atoms with Gasteiger partial charge in [0.1, 0.15) is 6.04 Å². The number of nitrogens with two attached hydrogens (primary N) is 1. The molecule has 0 aromatic rings. The SMILES string of the molecule is COC(=O)C(N)CCC1C[C@@H]2CC[C@H]1C2. The number of methoxy groups -OCH3 is 1. The molecule has 2 aliphatic rings. The summed E-state index contributed by atoms with van der Waals surface area (Å²) in [4.78, 5) is 11.1. The third-order valence-corrected chi connectivity index (χ3v) is 4.24. The summed E-state index contributed by atoms with van der Waals surface area (Å²) in [5, 5.41) is 0. The molecular weight excluding hydrogens is 190 g/mol. The van der Waals surface area contributed by atoms with E-state index in [4.69, 9.17) is 5.73 Å². The van der Waals surface area contributed by atoms with Gasteiger partial charge in [0.15, 0.2) is 0 Å². The Kier molecular flexibility index (Phi) is 3.29. The van der Waals surface area contributed by atoms with Gasteiger partial charge >= 0.3 is 5.97 Å². The Morgan fingerprint density at radius 2 is 2.27 bits per heavy atom. The third-order valence-electron chi connectivity index (χ3n) is 4.24. The molecule has 0 aromatic carbocycles. The van der Waals surface area contributed by atoms with Crippen LogP contribution >= 0.6 is 0 Å². The molecule has 4 atom stereocenters. The van der Waals surface area contributed by atoms with Crippen molar-refractivity contribution in [2.45, 2.75) is 44.6 Å². The summed E-state index contributed by atoms with van der Waals surface area (Å²) in [5.74, 6) is 2.48. The molecule has 2 saturated carbocycles. The van der Waals surface area contributed by atoms with Crippen molar-refractivity contribution in [1.82, 2.24) is 0 Å². The standard InChI is InChI=1S/C12H21NO2/c1-15-12(14)11(13)5-4-10-7-8-2-3-9(10)6-8/h8-11H,2-7,13H2,1H3/t8-,9+,10?,11?/m1/s1. The average molecular weight is 211 g/mol. The Balaban J connectivity index is 1.72. The number of rotatable bonds is 4. The molecule has 0 radical (unpaired) electrons. The number of fused-ring (bicyclic) bond motifs is 2. The van der Waals surface area contributed by atoms with Crippen LogP contribution in [-0.2, 0) is 9.53 Å². The lowest BCUT2D eigenvalue weighted by molar-refractivity contribution is -0.142. The monoisotopic (exact) mass is 211 g/mol. The highest BCUT2D eigenvalue weighted by Gasteiger charge is 2.39. The van der Waals surface area contributed by atoms with Crippen LogP contribution in [0.1, 0.15) is 38.5 Å². The maximum atomic E-state index is 11.1. The van der Waals surface area contributed by atoms with Crippen LogP contribution in [0, 0.1) is 17.8 Å². The normalized spacial score (nSPS) is 35.5. The largest absolute Gasteiger partial charge is 0.468 e. The van der Waals surface area contributed by atoms with E-state index in [2.05, 4.69) is 4.74 Å². The number of hydrogen-bond donors (Lipinski definition) is 1. The Hall–Kier alpha value is -0.570. The molecule has 0 aromatic heterocycles. The van der Waals surface area contributed by atoms with Crippen LogP contribution < -0.4 is 5.73 Å². The third kappa shape index (κ3) is 2.33. The van der Waals surface area contributed by atoms with E-state index in [0.29, 0.717) is 0 Å². The zero-order valence-corrected chi connectivity index (χ0v) is 9.45. The topological polar surface area (TPSA) is 52.3 Å². The maximum Gasteiger partial charge on any atom is 0.322 e. The van der Waals surface area contributed by atoms with Gasteiger partial charge in [-0.25, -0.2) is 0 Å². The molecule has 2 unspecified atom stereocenters. The fourth-order valence-electron chi connectivity index (χ4n) is 3.39. The number of ether oxygens (including phenoxy) is 1. The van der Waals surface area contributed by atoms with Gasteiger partial charge in [0.05, 0.1) is 7.11 Å². The summed E-state index contributed by atoms with van der Waals surface area (Å²) in [5.41, 5.74) is 5.73. The molecule has 3 heteroatoms. The first-order valence-electron chi connectivity index (χ1n) is 6.04. The number of hydrogen-bond acceptors (Lipinski definition) is 3. The van der Waals surface area contributed by atoms with Crippen LogP contribution in [0.4, 0.5) is 0 Å². The first kappa shape index (κ1) is 10.9. The fourth-order valence-corrected chi connectivity index (χ4v) is 3.39. The van der Waals surface area contributed by atoms with Gasteiger partial charge in [0, 0.05) is 0 Å². The first-order chi connectivity index (χ1) is 7.20. The second-order valence-electron chi connectivity index (χ2n) is 5.14. The van der Waals surface area contributed by atoms with Gasteiger partial charge in [-0.15, -0.1) is 0 Å². The molecule has 2 N–H and O–H groups in total. The van der Waals surface area contributed by atoms with Crippen molar-refractivity contribution in [2.75, 3.05) is 7.11 Å². The number of carbonyl (C=O) groups is 1. The van der Waals surface area contributed by atoms with Crippen molar-refractivity contribution < 1.29 is 9.53 Å². The highest BCUT2D eigenvalue weighted by molar-refractivity contribution is 5.75. The smallest absolute Gasteiger partial charge is 0.322 e. The lowest BCUT2D eigenvalue weighted by atomic mass is 9.85. The number of carbonyl (C=O) groups excluding carboxylic acids is 1. The van der Waals surface area contributed by atoms with Gasteiger partial charge < -0.3 is 10.5 Å². The van der Waals surface area contributed by atoms with Gasteiger partial charge in [-0.3, -0.25) is 4.79 Å². The second kappa shape index (κ2) is 4.52. The highest BCUT2D eigenvalue weighted by atomic mass is 16.5. The van der Waals surface area contributed by atoms with Gasteiger partial charge in [0.2, 0.25) is 0 Å². The molecule has 0 saturated heterocycles. The molecule has 2 fully saturated rings. The van der Waals surface area contributed by atoms with Crippen LogP contribution in [0.2, 0.25) is 0 Å². The molecule has 0 spiro atoms. The van der Waals surface area contributed by atoms with Crippen molar-refractivity contribution in [2.24, 2.45) is 23.5 Å². The van der Waals surface area contributed by atoms with E-state index < -0.39 is 6.04 Å². The summed E-state index contributed by atoms with van der Waals surface area (Å²) in [6.45, 7) is 0. The van der Waals surface area contributed by atoms with Crippen molar-refractivity contribution in [3.8, 4) is 0 Å². The zero-order valence-electron chi connectivity index (χ0n) is 9.45. The van der Waals surface area contributed by atoms with E-state index in [1.54, 1.807) is 0 Å². The van der Waals surface area contributed by atoms with E-state index in [-0.39, 0.29) is 5.97 Å². The van der Waals surface area contributed by atoms with Crippen LogP contribution in [-0.4, -0.2) is 19.1 Å². The van der Waals surface area contributed by atoms with Crippen molar-refractivity contribution in [1.29, 1.82) is 0 Å². The van der Waals surface area contributed by atoms with Crippen molar-refractivity contribution in [3.05, 3.63) is 0 Å². The van der Waals surface area contributed by atoms with E-state index in [0.717, 1.165) is 30.6 Å². The van der Waals surface area contributed by atoms with Gasteiger partial charge in [-0.05, 0) is 49.9 Å². The van der Waals surface area contributed by atoms with Crippen LogP contribution in [0.3, 0.4) is 0 Å². The van der Waals surface area contributed by atoms with E-state index in [1.165, 1.54) is 32.8 Å². The molecule has 3 nitrogen and oxygen atoms in total. The molecule has 0 amide bonds. The van der Waals surface area contributed by atoms with E-state index >= 15 is 0 Å². The van der Waals surface area contributed by atoms with E-state index in [1.807, 2.05) is 0 Å². The van der Waals surface area contributed by atoms with Gasteiger partial charge in [0.25, 0.3) is 0 Å². The minimum atomic E-state index is -0.408. The van der Waals surface area contributed by atoms with E-state index in [9.17, 15) is 4.79 Å². The van der Waals surface area contributed by atoms with Crippen molar-refractivity contribution >= 4 is 5.97 Å². The maximum absolute atomic E-state index is 11.1. The fraction of sp³-hybridized carbons (Fsp3) is 0.917. The lowest BCUT2D eigenvalue weighted by Crippen LogP contribution is -2.32. The second-order valence-corrected chi connectivity index (χ2v) is 5.14. The Bertz CT molecular complexity index is 242. The summed E-state index contributed by atoms with van der Waals surface area (Å²) < 4.78 is 4.63. The number of esters is 1. The summed E-state index contributed by atoms with van der Waals surface area (Å²) in [7, 11) is 1.40. The zero-order chi connectivity index (χ0) is 10.8. The molecule has 2 aliphatic carbocycles. The molecular formula is C12H21NO2. The molecule has 2 bridgehead atoms. The average Bonchev–Trinajstić information content (AvgIpc) is 2.86. The molecule has 15 heavy (non-hydrogen) atoms. The quantitative estimate of drug-likeness (QED) is 0.720. The highest BCUT2D eigenvalue weighted by Crippen LogP contribution is 2.49. The summed E-state index contributed by atoms with van der Waals surface area (Å²) in [6.07, 6.45) is 7.54. The molecule has 2 rings (SSSR count). The van der Waals surface area contributed by atoms with Crippen LogP contribution in [0.5, 0.6) is 0 Å². The molecule has 0 heterocycles. The van der Waals surface area contributed by atoms with Crippen LogP contribution in [0.15, 0.2) is 0 Å². The Morgan fingerprint density at radius 3 is 2.80 bits per heavy atom. The minimum Gasteiger partial charge on any atom is -0.468 e. The minimum absolute atomic E-state index is 0.266.